The highest BCUT2D eigenvalue weighted by molar-refractivity contribution is 7.80. The van der Waals surface area contributed by atoms with Gasteiger partial charge in [0.15, 0.2) is 5.11 Å². The van der Waals surface area contributed by atoms with Crippen LogP contribution in [0.5, 0.6) is 0 Å². The highest BCUT2D eigenvalue weighted by atomic mass is 32.1. The molecule has 32 heavy (non-hydrogen) atoms. The number of amides is 1. The summed E-state index contributed by atoms with van der Waals surface area (Å²) in [6.07, 6.45) is 0.868. The van der Waals surface area contributed by atoms with Gasteiger partial charge in [-0.15, -0.1) is 0 Å². The van der Waals surface area contributed by atoms with Gasteiger partial charge in [0.05, 0.1) is 17.7 Å². The number of thiocarbonyl (C=S) groups is 1. The first-order chi connectivity index (χ1) is 15.3. The molecule has 1 aliphatic rings. The number of aryl methyl sites for hydroxylation is 1. The first-order valence-electron chi connectivity index (χ1n) is 10.7. The van der Waals surface area contributed by atoms with E-state index in [1.165, 1.54) is 0 Å². The van der Waals surface area contributed by atoms with Gasteiger partial charge in [-0.3, -0.25) is 4.79 Å². The van der Waals surface area contributed by atoms with Crippen LogP contribution in [-0.2, 0) is 20.7 Å². The summed E-state index contributed by atoms with van der Waals surface area (Å²) in [5.74, 6) is -0.417. The Morgan fingerprint density at radius 3 is 2.41 bits per heavy atom. The fraction of sp³-hybridized carbons (Fsp3) is 0.320. The number of allylic oxidation sites excluding steroid dienone is 1. The van der Waals surface area contributed by atoms with E-state index in [2.05, 4.69) is 10.6 Å². The van der Waals surface area contributed by atoms with Gasteiger partial charge in [-0.05, 0) is 62.7 Å². The summed E-state index contributed by atoms with van der Waals surface area (Å²) in [6.45, 7) is 5.50. The molecule has 3 rings (SSSR count). The molecule has 1 amide bonds. The van der Waals surface area contributed by atoms with Gasteiger partial charge in [-0.25, -0.2) is 4.79 Å². The van der Waals surface area contributed by atoms with Crippen molar-refractivity contribution in [3.8, 4) is 0 Å². The van der Waals surface area contributed by atoms with E-state index >= 15 is 0 Å². The number of carbonyl (C=O) groups is 2. The summed E-state index contributed by atoms with van der Waals surface area (Å²) in [5.41, 5.74) is 3.97. The van der Waals surface area contributed by atoms with Gasteiger partial charge in [-0.1, -0.05) is 42.5 Å². The van der Waals surface area contributed by atoms with Crippen molar-refractivity contribution in [1.82, 2.24) is 10.2 Å². The Morgan fingerprint density at radius 2 is 1.78 bits per heavy atom. The Kier molecular flexibility index (Phi) is 7.64. The summed E-state index contributed by atoms with van der Waals surface area (Å²) in [6, 6.07) is 16.9. The third-order valence-electron chi connectivity index (χ3n) is 5.33. The number of ether oxygens (including phenoxy) is 1. The lowest BCUT2D eigenvalue weighted by Gasteiger charge is -2.35. The zero-order valence-corrected chi connectivity index (χ0v) is 19.7. The molecule has 168 valence electrons. The molecule has 2 aromatic rings. The lowest BCUT2D eigenvalue weighted by molar-refractivity contribution is -0.143. The third kappa shape index (κ3) is 5.73. The van der Waals surface area contributed by atoms with Crippen LogP contribution < -0.4 is 10.6 Å². The van der Waals surface area contributed by atoms with Gasteiger partial charge >= 0.3 is 5.97 Å². The smallest absolute Gasteiger partial charge is 0.338 e. The molecule has 1 heterocycles. The lowest BCUT2D eigenvalue weighted by Crippen LogP contribution is -2.46. The Labute approximate surface area is 194 Å². The zero-order chi connectivity index (χ0) is 23.3. The highest BCUT2D eigenvalue weighted by Gasteiger charge is 2.33. The predicted molar refractivity (Wildman–Crippen MR) is 130 cm³/mol. The number of rotatable bonds is 7. The van der Waals surface area contributed by atoms with E-state index in [-0.39, 0.29) is 18.0 Å². The molecule has 0 radical (unpaired) electrons. The monoisotopic (exact) mass is 451 g/mol. The first kappa shape index (κ1) is 23.5. The molecule has 0 saturated carbocycles. The second-order valence-electron chi connectivity index (χ2n) is 8.05. The summed E-state index contributed by atoms with van der Waals surface area (Å²) in [4.78, 5) is 26.9. The van der Waals surface area contributed by atoms with Crippen LogP contribution in [0, 0.1) is 0 Å². The maximum Gasteiger partial charge on any atom is 0.338 e. The van der Waals surface area contributed by atoms with E-state index in [1.807, 2.05) is 82.4 Å². The maximum atomic E-state index is 12.8. The van der Waals surface area contributed by atoms with Crippen molar-refractivity contribution in [2.45, 2.75) is 45.8 Å². The van der Waals surface area contributed by atoms with Crippen LogP contribution in [-0.4, -0.2) is 35.0 Å². The molecule has 2 N–H and O–H groups in total. The second-order valence-corrected chi connectivity index (χ2v) is 8.44. The molecule has 7 heteroatoms. The Morgan fingerprint density at radius 1 is 1.12 bits per heavy atom. The molecule has 0 saturated heterocycles. The van der Waals surface area contributed by atoms with Crippen LogP contribution in [0.4, 0.5) is 5.69 Å². The SMILES string of the molecule is CC1=C(C(=O)OC(C)C)[C@H](c2ccc(NC(=O)CCc3ccccc3)cc2)NC(=S)N1C. The highest BCUT2D eigenvalue weighted by Crippen LogP contribution is 2.31. The fourth-order valence-corrected chi connectivity index (χ4v) is 3.77. The fourth-order valence-electron chi connectivity index (χ4n) is 3.51. The van der Waals surface area contributed by atoms with Crippen molar-refractivity contribution in [1.29, 1.82) is 0 Å². The van der Waals surface area contributed by atoms with Gasteiger partial charge in [0, 0.05) is 24.9 Å². The summed E-state index contributed by atoms with van der Waals surface area (Å²) in [5, 5.41) is 6.69. The van der Waals surface area contributed by atoms with Crippen LogP contribution in [0.1, 0.15) is 44.4 Å². The van der Waals surface area contributed by atoms with E-state index in [0.29, 0.717) is 29.2 Å². The Balaban J connectivity index is 1.72. The van der Waals surface area contributed by atoms with Gasteiger partial charge in [-0.2, -0.15) is 0 Å². The number of benzene rings is 2. The van der Waals surface area contributed by atoms with Crippen molar-refractivity contribution in [3.63, 3.8) is 0 Å². The molecule has 0 bridgehead atoms. The first-order valence-corrected chi connectivity index (χ1v) is 11.1. The maximum absolute atomic E-state index is 12.8. The molecule has 2 aromatic carbocycles. The van der Waals surface area contributed by atoms with Crippen molar-refractivity contribution < 1.29 is 14.3 Å². The largest absolute Gasteiger partial charge is 0.459 e. The standard InChI is InChI=1S/C25H29N3O3S/c1-16(2)31-24(30)22-17(3)28(4)25(32)27-23(22)19-11-13-20(14-12-19)26-21(29)15-10-18-8-6-5-7-9-18/h5-9,11-14,16,23H,10,15H2,1-4H3,(H,26,29)(H,27,32)/t23-/m0/s1. The number of nitrogens with one attached hydrogen (secondary N) is 2. The van der Waals surface area contributed by atoms with E-state index in [0.717, 1.165) is 16.8 Å². The molecular formula is C25H29N3O3S. The van der Waals surface area contributed by atoms with Gasteiger partial charge < -0.3 is 20.3 Å². The number of nitrogens with zero attached hydrogens (tertiary/aromatic N) is 1. The van der Waals surface area contributed by atoms with E-state index < -0.39 is 6.04 Å². The molecule has 1 atom stereocenters. The van der Waals surface area contributed by atoms with Crippen LogP contribution in [0.2, 0.25) is 0 Å². The van der Waals surface area contributed by atoms with Gasteiger partial charge in [0.25, 0.3) is 0 Å². The summed E-state index contributed by atoms with van der Waals surface area (Å²) in [7, 11) is 1.82. The number of carbonyl (C=O) groups excluding carboxylic acids is 2. The van der Waals surface area contributed by atoms with E-state index in [4.69, 9.17) is 17.0 Å². The minimum Gasteiger partial charge on any atom is -0.459 e. The minimum absolute atomic E-state index is 0.0443. The third-order valence-corrected chi connectivity index (χ3v) is 5.72. The molecule has 0 fully saturated rings. The number of esters is 1. The quantitative estimate of drug-likeness (QED) is 0.482. The van der Waals surface area contributed by atoms with Crippen molar-refractivity contribution in [2.75, 3.05) is 12.4 Å². The normalized spacial score (nSPS) is 16.1. The molecule has 0 aromatic heterocycles. The second kappa shape index (κ2) is 10.4. The van der Waals surface area contributed by atoms with Gasteiger partial charge in [0.1, 0.15) is 0 Å². The molecule has 0 spiro atoms. The topological polar surface area (TPSA) is 70.7 Å². The number of hydrogen-bond donors (Lipinski definition) is 2. The molecular weight excluding hydrogens is 422 g/mol. The molecule has 0 unspecified atom stereocenters. The number of hydrogen-bond acceptors (Lipinski definition) is 4. The van der Waals surface area contributed by atoms with Crippen molar-refractivity contribution >= 4 is 34.9 Å². The van der Waals surface area contributed by atoms with Crippen molar-refractivity contribution in [3.05, 3.63) is 77.0 Å². The Bertz CT molecular complexity index is 1020. The molecule has 0 aliphatic carbocycles. The number of anilines is 1. The predicted octanol–water partition coefficient (Wildman–Crippen LogP) is 4.34. The molecule has 6 nitrogen and oxygen atoms in total. The summed E-state index contributed by atoms with van der Waals surface area (Å²) >= 11 is 5.43. The average Bonchev–Trinajstić information content (AvgIpc) is 2.76. The van der Waals surface area contributed by atoms with Crippen LogP contribution >= 0.6 is 12.2 Å². The lowest BCUT2D eigenvalue weighted by atomic mass is 9.95. The Hall–Kier alpha value is -3.19. The van der Waals surface area contributed by atoms with E-state index in [9.17, 15) is 9.59 Å². The zero-order valence-electron chi connectivity index (χ0n) is 18.8. The van der Waals surface area contributed by atoms with Crippen LogP contribution in [0.3, 0.4) is 0 Å². The molecule has 1 aliphatic heterocycles. The van der Waals surface area contributed by atoms with Crippen LogP contribution in [0.15, 0.2) is 65.9 Å². The van der Waals surface area contributed by atoms with Crippen LogP contribution in [0.25, 0.3) is 0 Å². The summed E-state index contributed by atoms with van der Waals surface area (Å²) < 4.78 is 5.47. The minimum atomic E-state index is -0.423. The van der Waals surface area contributed by atoms with Gasteiger partial charge in [0.2, 0.25) is 5.91 Å². The van der Waals surface area contributed by atoms with E-state index in [1.54, 1.807) is 4.90 Å². The average molecular weight is 452 g/mol. The van der Waals surface area contributed by atoms with Crippen molar-refractivity contribution in [2.24, 2.45) is 0 Å².